The van der Waals surface area contributed by atoms with Crippen LogP contribution >= 0.6 is 0 Å². The average molecular weight is 391 g/mol. The fourth-order valence-corrected chi connectivity index (χ4v) is 4.48. The number of hydrogen-bond acceptors (Lipinski definition) is 2. The van der Waals surface area contributed by atoms with Crippen LogP contribution in [0.1, 0.15) is 56.1 Å². The van der Waals surface area contributed by atoms with Crippen molar-refractivity contribution in [2.24, 2.45) is 0 Å². The molecular formula is C24H30N4O. The number of carbonyl (C=O) groups excluding carboxylic acids is 1. The number of nitrogens with zero attached hydrogens (tertiary/aromatic N) is 2. The summed E-state index contributed by atoms with van der Waals surface area (Å²) in [6, 6.07) is 12.8. The number of aryl methyl sites for hydroxylation is 1. The Labute approximate surface area is 172 Å². The van der Waals surface area contributed by atoms with Gasteiger partial charge in [0, 0.05) is 54.5 Å². The molecule has 2 aromatic heterocycles. The summed E-state index contributed by atoms with van der Waals surface area (Å²) in [4.78, 5) is 16.9. The molecule has 152 valence electrons. The first-order chi connectivity index (χ1) is 14.3. The highest BCUT2D eigenvalue weighted by molar-refractivity contribution is 5.85. The highest BCUT2D eigenvalue weighted by atomic mass is 16.2. The first-order valence-electron chi connectivity index (χ1n) is 10.8. The maximum Gasteiger partial charge on any atom is 0.315 e. The molecule has 0 radical (unpaired) electrons. The second kappa shape index (κ2) is 9.12. The molecule has 5 heteroatoms. The van der Waals surface area contributed by atoms with E-state index in [1.54, 1.807) is 6.20 Å². The van der Waals surface area contributed by atoms with Gasteiger partial charge < -0.3 is 15.2 Å². The first-order valence-corrected chi connectivity index (χ1v) is 10.8. The van der Waals surface area contributed by atoms with Gasteiger partial charge in [-0.1, -0.05) is 43.5 Å². The van der Waals surface area contributed by atoms with E-state index in [9.17, 15) is 4.79 Å². The number of fused-ring (bicyclic) bond motifs is 1. The van der Waals surface area contributed by atoms with E-state index >= 15 is 0 Å². The van der Waals surface area contributed by atoms with Crippen LogP contribution in [-0.2, 0) is 6.54 Å². The molecule has 2 heterocycles. The van der Waals surface area contributed by atoms with Gasteiger partial charge in [0.15, 0.2) is 0 Å². The highest BCUT2D eigenvalue weighted by Gasteiger charge is 2.22. The van der Waals surface area contributed by atoms with Gasteiger partial charge in [0.05, 0.1) is 0 Å². The van der Waals surface area contributed by atoms with Gasteiger partial charge in [-0.05, 0) is 43.0 Å². The van der Waals surface area contributed by atoms with Crippen molar-refractivity contribution in [1.29, 1.82) is 0 Å². The number of amides is 2. The van der Waals surface area contributed by atoms with Crippen LogP contribution in [0.5, 0.6) is 0 Å². The number of rotatable bonds is 6. The van der Waals surface area contributed by atoms with E-state index in [4.69, 9.17) is 0 Å². The summed E-state index contributed by atoms with van der Waals surface area (Å²) in [6.45, 7) is 3.61. The average Bonchev–Trinajstić information content (AvgIpc) is 3.14. The van der Waals surface area contributed by atoms with Crippen LogP contribution in [0.15, 0.2) is 55.0 Å². The van der Waals surface area contributed by atoms with Crippen molar-refractivity contribution in [1.82, 2.24) is 20.2 Å². The quantitative estimate of drug-likeness (QED) is 0.634. The standard InChI is InChI=1S/C24H30N4O/c1-2-28-17-22(20-12-6-7-13-23(20)28)21(18-9-8-14-25-15-18)16-26-24(29)27-19-10-4-3-5-11-19/h6-9,12-15,17,19,21H,2-5,10-11,16H2,1H3,(H2,26,27,29). The van der Waals surface area contributed by atoms with Crippen LogP contribution in [0.25, 0.3) is 10.9 Å². The molecule has 3 aromatic rings. The van der Waals surface area contributed by atoms with Crippen LogP contribution < -0.4 is 10.6 Å². The van der Waals surface area contributed by atoms with Gasteiger partial charge in [-0.2, -0.15) is 0 Å². The zero-order valence-corrected chi connectivity index (χ0v) is 17.1. The topological polar surface area (TPSA) is 59.0 Å². The zero-order valence-electron chi connectivity index (χ0n) is 17.1. The van der Waals surface area contributed by atoms with Gasteiger partial charge in [0.1, 0.15) is 0 Å². The van der Waals surface area contributed by atoms with Crippen molar-refractivity contribution in [2.75, 3.05) is 6.54 Å². The van der Waals surface area contributed by atoms with Gasteiger partial charge >= 0.3 is 6.03 Å². The fourth-order valence-electron chi connectivity index (χ4n) is 4.48. The highest BCUT2D eigenvalue weighted by Crippen LogP contribution is 2.32. The van der Waals surface area contributed by atoms with Crippen LogP contribution in [-0.4, -0.2) is 28.2 Å². The summed E-state index contributed by atoms with van der Waals surface area (Å²) in [5.41, 5.74) is 3.57. The third kappa shape index (κ3) is 4.44. The van der Waals surface area contributed by atoms with Crippen molar-refractivity contribution >= 4 is 16.9 Å². The Hall–Kier alpha value is -2.82. The lowest BCUT2D eigenvalue weighted by Gasteiger charge is -2.24. The Balaban J connectivity index is 1.57. The van der Waals surface area contributed by atoms with Gasteiger partial charge in [-0.15, -0.1) is 0 Å². The molecule has 1 aliphatic carbocycles. The van der Waals surface area contributed by atoms with Crippen molar-refractivity contribution < 1.29 is 4.79 Å². The maximum absolute atomic E-state index is 12.6. The molecule has 0 saturated heterocycles. The van der Waals surface area contributed by atoms with Crippen molar-refractivity contribution in [3.05, 3.63) is 66.1 Å². The molecule has 1 aromatic carbocycles. The normalized spacial score (nSPS) is 15.9. The molecule has 1 saturated carbocycles. The molecule has 0 bridgehead atoms. The molecule has 2 N–H and O–H groups in total. The van der Waals surface area contributed by atoms with Crippen LogP contribution in [0.2, 0.25) is 0 Å². The maximum atomic E-state index is 12.6. The smallest absolute Gasteiger partial charge is 0.315 e. The number of carbonyl (C=O) groups is 1. The number of benzene rings is 1. The van der Waals surface area contributed by atoms with E-state index in [0.29, 0.717) is 12.6 Å². The van der Waals surface area contributed by atoms with Gasteiger partial charge in [0.2, 0.25) is 0 Å². The molecule has 29 heavy (non-hydrogen) atoms. The van der Waals surface area contributed by atoms with E-state index in [2.05, 4.69) is 63.6 Å². The van der Waals surface area contributed by atoms with Crippen LogP contribution in [0.4, 0.5) is 4.79 Å². The number of hydrogen-bond donors (Lipinski definition) is 2. The summed E-state index contributed by atoms with van der Waals surface area (Å²) in [6.07, 6.45) is 11.8. The summed E-state index contributed by atoms with van der Waals surface area (Å²) in [5, 5.41) is 7.53. The van der Waals surface area contributed by atoms with Gasteiger partial charge in [0.25, 0.3) is 0 Å². The van der Waals surface area contributed by atoms with Gasteiger partial charge in [-0.25, -0.2) is 4.79 Å². The Morgan fingerprint density at radius 2 is 2.00 bits per heavy atom. The SMILES string of the molecule is CCn1cc(C(CNC(=O)NC2CCCCC2)c2cccnc2)c2ccccc21. The lowest BCUT2D eigenvalue weighted by Crippen LogP contribution is -2.44. The summed E-state index contributed by atoms with van der Waals surface area (Å²) < 4.78 is 2.27. The minimum Gasteiger partial charge on any atom is -0.347 e. The number of para-hydroxylation sites is 1. The lowest BCUT2D eigenvalue weighted by molar-refractivity contribution is 0.232. The van der Waals surface area contributed by atoms with E-state index in [0.717, 1.165) is 24.9 Å². The lowest BCUT2D eigenvalue weighted by atomic mass is 9.92. The predicted octanol–water partition coefficient (Wildman–Crippen LogP) is 4.82. The minimum atomic E-state index is -0.0648. The molecule has 5 nitrogen and oxygen atoms in total. The molecule has 1 atom stereocenters. The molecule has 1 unspecified atom stereocenters. The molecule has 4 rings (SSSR count). The Kier molecular flexibility index (Phi) is 6.13. The Morgan fingerprint density at radius 3 is 2.76 bits per heavy atom. The van der Waals surface area contributed by atoms with E-state index in [1.165, 1.54) is 35.7 Å². The van der Waals surface area contributed by atoms with E-state index in [1.807, 2.05) is 12.3 Å². The fraction of sp³-hybridized carbons (Fsp3) is 0.417. The van der Waals surface area contributed by atoms with Crippen molar-refractivity contribution in [3.63, 3.8) is 0 Å². The second-order valence-corrected chi connectivity index (χ2v) is 7.92. The first kappa shape index (κ1) is 19.5. The Morgan fingerprint density at radius 1 is 1.17 bits per heavy atom. The van der Waals surface area contributed by atoms with Crippen LogP contribution in [0.3, 0.4) is 0 Å². The molecule has 1 aliphatic rings. The van der Waals surface area contributed by atoms with Gasteiger partial charge in [-0.3, -0.25) is 4.98 Å². The minimum absolute atomic E-state index is 0.0542. The number of nitrogens with one attached hydrogen (secondary N) is 2. The number of urea groups is 1. The summed E-state index contributed by atoms with van der Waals surface area (Å²) in [5.74, 6) is 0.0542. The summed E-state index contributed by atoms with van der Waals surface area (Å²) in [7, 11) is 0. The Bertz CT molecular complexity index is 944. The second-order valence-electron chi connectivity index (χ2n) is 7.92. The van der Waals surface area contributed by atoms with Crippen molar-refractivity contribution in [3.8, 4) is 0 Å². The number of pyridine rings is 1. The molecule has 0 spiro atoms. The van der Waals surface area contributed by atoms with E-state index < -0.39 is 0 Å². The molecular weight excluding hydrogens is 360 g/mol. The van der Waals surface area contributed by atoms with E-state index in [-0.39, 0.29) is 11.9 Å². The molecule has 0 aliphatic heterocycles. The summed E-state index contributed by atoms with van der Waals surface area (Å²) >= 11 is 0. The third-order valence-corrected chi connectivity index (χ3v) is 6.03. The zero-order chi connectivity index (χ0) is 20.1. The third-order valence-electron chi connectivity index (χ3n) is 6.03. The van der Waals surface area contributed by atoms with Crippen LogP contribution in [0, 0.1) is 0 Å². The van der Waals surface area contributed by atoms with Crippen molar-refractivity contribution in [2.45, 2.75) is 57.5 Å². The number of aromatic nitrogens is 2. The molecule has 2 amide bonds. The molecule has 1 fully saturated rings. The predicted molar refractivity (Wildman–Crippen MR) is 117 cm³/mol. The largest absolute Gasteiger partial charge is 0.347 e. The monoisotopic (exact) mass is 390 g/mol.